The van der Waals surface area contributed by atoms with Gasteiger partial charge in [-0.1, -0.05) is 6.92 Å². The Hall–Kier alpha value is -0.940. The maximum absolute atomic E-state index is 12.0. The van der Waals surface area contributed by atoms with Gasteiger partial charge in [-0.2, -0.15) is 0 Å². The van der Waals surface area contributed by atoms with Crippen molar-refractivity contribution in [2.75, 3.05) is 12.4 Å². The minimum atomic E-state index is -0.803. The minimum Gasteiger partial charge on any atom is -0.369 e. The van der Waals surface area contributed by atoms with E-state index >= 15 is 0 Å². The number of pyridine rings is 1. The first kappa shape index (κ1) is 13.1. The lowest BCUT2D eigenvalue weighted by atomic mass is 10.0. The van der Waals surface area contributed by atoms with Crippen LogP contribution in [0.25, 0.3) is 0 Å². The fourth-order valence-electron chi connectivity index (χ4n) is 1.13. The number of amides is 1. The molecule has 88 valence electrons. The van der Waals surface area contributed by atoms with E-state index in [2.05, 4.69) is 26.2 Å². The van der Waals surface area contributed by atoms with Crippen molar-refractivity contribution < 1.29 is 9.53 Å². The number of nitrogens with zero attached hydrogens (tertiary/aromatic N) is 1. The number of methoxy groups -OCH3 is 1. The van der Waals surface area contributed by atoms with Gasteiger partial charge in [-0.3, -0.25) is 9.78 Å². The number of hydrogen-bond donors (Lipinski definition) is 1. The average Bonchev–Trinajstić information content (AvgIpc) is 2.31. The van der Waals surface area contributed by atoms with Crippen molar-refractivity contribution in [1.82, 2.24) is 4.98 Å². The lowest BCUT2D eigenvalue weighted by molar-refractivity contribution is -0.136. The van der Waals surface area contributed by atoms with E-state index in [0.29, 0.717) is 12.1 Å². The largest absolute Gasteiger partial charge is 0.369 e. The molecule has 0 bridgehead atoms. The van der Waals surface area contributed by atoms with E-state index in [1.165, 1.54) is 7.11 Å². The van der Waals surface area contributed by atoms with E-state index in [9.17, 15) is 4.79 Å². The molecule has 16 heavy (non-hydrogen) atoms. The highest BCUT2D eigenvalue weighted by Crippen LogP contribution is 2.23. The summed E-state index contributed by atoms with van der Waals surface area (Å²) in [5.74, 6) is -0.163. The summed E-state index contributed by atoms with van der Waals surface area (Å²) in [5, 5.41) is 2.80. The van der Waals surface area contributed by atoms with E-state index in [-0.39, 0.29) is 5.91 Å². The van der Waals surface area contributed by atoms with Crippen LogP contribution in [0, 0.1) is 0 Å². The maximum Gasteiger partial charge on any atom is 0.256 e. The first-order valence-corrected chi connectivity index (χ1v) is 5.79. The number of aromatic nitrogens is 1. The van der Waals surface area contributed by atoms with Gasteiger partial charge >= 0.3 is 0 Å². The van der Waals surface area contributed by atoms with Crippen LogP contribution in [-0.2, 0) is 9.53 Å². The molecule has 1 aromatic rings. The summed E-state index contributed by atoms with van der Waals surface area (Å²) in [6.07, 6.45) is 3.86. The zero-order chi connectivity index (χ0) is 12.2. The third-order valence-corrected chi connectivity index (χ3v) is 3.26. The predicted octanol–water partition coefficient (Wildman–Crippen LogP) is 2.60. The summed E-state index contributed by atoms with van der Waals surface area (Å²) in [6.45, 7) is 3.67. The molecule has 0 spiro atoms. The molecular formula is C11H15BrN2O2. The van der Waals surface area contributed by atoms with Gasteiger partial charge in [0.25, 0.3) is 5.91 Å². The number of carbonyl (C=O) groups excluding carboxylic acids is 1. The topological polar surface area (TPSA) is 51.2 Å². The first-order valence-electron chi connectivity index (χ1n) is 4.99. The Balaban J connectivity index is 2.83. The lowest BCUT2D eigenvalue weighted by Crippen LogP contribution is -2.41. The number of ether oxygens (including phenoxy) is 1. The van der Waals surface area contributed by atoms with Gasteiger partial charge in [-0.05, 0) is 35.3 Å². The Morgan fingerprint density at radius 3 is 2.88 bits per heavy atom. The molecule has 1 N–H and O–H groups in total. The first-order chi connectivity index (χ1) is 7.53. The van der Waals surface area contributed by atoms with E-state index in [4.69, 9.17) is 4.74 Å². The van der Waals surface area contributed by atoms with Crippen LogP contribution in [0.2, 0.25) is 0 Å². The molecule has 0 aliphatic rings. The highest BCUT2D eigenvalue weighted by Gasteiger charge is 2.31. The zero-order valence-corrected chi connectivity index (χ0v) is 11.2. The molecule has 0 saturated heterocycles. The number of rotatable bonds is 4. The Kier molecular flexibility index (Phi) is 4.44. The van der Waals surface area contributed by atoms with Crippen LogP contribution in [0.1, 0.15) is 20.3 Å². The fraction of sp³-hybridized carbons (Fsp3) is 0.455. The molecule has 0 aliphatic carbocycles. The fourth-order valence-corrected chi connectivity index (χ4v) is 1.48. The zero-order valence-electron chi connectivity index (χ0n) is 9.58. The van der Waals surface area contributed by atoms with Crippen molar-refractivity contribution in [2.24, 2.45) is 0 Å². The van der Waals surface area contributed by atoms with Crippen LogP contribution < -0.4 is 5.32 Å². The van der Waals surface area contributed by atoms with E-state index in [1.54, 1.807) is 25.4 Å². The predicted molar refractivity (Wildman–Crippen MR) is 66.3 cm³/mol. The molecule has 0 saturated carbocycles. The molecular weight excluding hydrogens is 272 g/mol. The van der Waals surface area contributed by atoms with Crippen molar-refractivity contribution in [1.29, 1.82) is 0 Å². The standard InChI is InChI=1S/C11H15BrN2O2/c1-4-11(2,16-3)10(15)14-9-5-6-13-7-8(9)12/h5-7H,4H2,1-3H3,(H,13,14,15). The molecule has 1 unspecified atom stereocenters. The maximum atomic E-state index is 12.0. The van der Waals surface area contributed by atoms with Crippen molar-refractivity contribution in [3.05, 3.63) is 22.9 Å². The average molecular weight is 287 g/mol. The van der Waals surface area contributed by atoms with Crippen LogP contribution in [0.3, 0.4) is 0 Å². The van der Waals surface area contributed by atoms with Crippen molar-refractivity contribution in [2.45, 2.75) is 25.9 Å². The van der Waals surface area contributed by atoms with Gasteiger partial charge in [-0.15, -0.1) is 0 Å². The van der Waals surface area contributed by atoms with E-state index < -0.39 is 5.60 Å². The third-order valence-electron chi connectivity index (χ3n) is 2.63. The molecule has 1 rings (SSSR count). The number of halogens is 1. The summed E-state index contributed by atoms with van der Waals surface area (Å²) >= 11 is 3.32. The number of anilines is 1. The normalized spacial score (nSPS) is 14.2. The molecule has 0 fully saturated rings. The second-order valence-corrected chi connectivity index (χ2v) is 4.45. The Morgan fingerprint density at radius 2 is 2.38 bits per heavy atom. The van der Waals surface area contributed by atoms with Gasteiger partial charge in [0.1, 0.15) is 5.60 Å². The molecule has 0 radical (unpaired) electrons. The SMILES string of the molecule is CCC(C)(OC)C(=O)Nc1ccncc1Br. The quantitative estimate of drug-likeness (QED) is 0.926. The van der Waals surface area contributed by atoms with Crippen LogP contribution in [0.15, 0.2) is 22.9 Å². The van der Waals surface area contributed by atoms with Crippen molar-refractivity contribution >= 4 is 27.5 Å². The third kappa shape index (κ3) is 2.80. The van der Waals surface area contributed by atoms with Crippen LogP contribution in [0.4, 0.5) is 5.69 Å². The second-order valence-electron chi connectivity index (χ2n) is 3.60. The summed E-state index contributed by atoms with van der Waals surface area (Å²) < 4.78 is 5.97. The smallest absolute Gasteiger partial charge is 0.256 e. The van der Waals surface area contributed by atoms with Crippen molar-refractivity contribution in [3.63, 3.8) is 0 Å². The summed E-state index contributed by atoms with van der Waals surface area (Å²) in [7, 11) is 1.53. The summed E-state index contributed by atoms with van der Waals surface area (Å²) in [5.41, 5.74) is -0.111. The van der Waals surface area contributed by atoms with Gasteiger partial charge in [0.2, 0.25) is 0 Å². The molecule has 0 aliphatic heterocycles. The molecule has 1 aromatic heterocycles. The van der Waals surface area contributed by atoms with Gasteiger partial charge in [-0.25, -0.2) is 0 Å². The van der Waals surface area contributed by atoms with Crippen LogP contribution in [-0.4, -0.2) is 23.6 Å². The minimum absolute atomic E-state index is 0.163. The number of nitrogens with one attached hydrogen (secondary N) is 1. The Bertz CT molecular complexity index is 378. The molecule has 1 amide bonds. The van der Waals surface area contributed by atoms with Gasteiger partial charge in [0, 0.05) is 19.5 Å². The van der Waals surface area contributed by atoms with Crippen LogP contribution >= 0.6 is 15.9 Å². The Labute approximate surface area is 104 Å². The Morgan fingerprint density at radius 1 is 1.69 bits per heavy atom. The monoisotopic (exact) mass is 286 g/mol. The highest BCUT2D eigenvalue weighted by atomic mass is 79.9. The second kappa shape index (κ2) is 5.41. The van der Waals surface area contributed by atoms with Crippen LogP contribution in [0.5, 0.6) is 0 Å². The lowest BCUT2D eigenvalue weighted by Gasteiger charge is -2.25. The summed E-state index contributed by atoms with van der Waals surface area (Å²) in [4.78, 5) is 15.9. The van der Waals surface area contributed by atoms with Gasteiger partial charge in [0.05, 0.1) is 10.2 Å². The van der Waals surface area contributed by atoms with E-state index in [1.807, 2.05) is 6.92 Å². The van der Waals surface area contributed by atoms with Crippen molar-refractivity contribution in [3.8, 4) is 0 Å². The molecule has 5 heteroatoms. The molecule has 1 atom stereocenters. The number of carbonyl (C=O) groups is 1. The van der Waals surface area contributed by atoms with Gasteiger partial charge < -0.3 is 10.1 Å². The number of hydrogen-bond acceptors (Lipinski definition) is 3. The molecule has 1 heterocycles. The summed E-state index contributed by atoms with van der Waals surface area (Å²) in [6, 6.07) is 1.73. The highest BCUT2D eigenvalue weighted by molar-refractivity contribution is 9.10. The molecule has 4 nitrogen and oxygen atoms in total. The molecule has 0 aromatic carbocycles. The van der Waals surface area contributed by atoms with E-state index in [0.717, 1.165) is 4.47 Å². The van der Waals surface area contributed by atoms with Gasteiger partial charge in [0.15, 0.2) is 0 Å².